The predicted molar refractivity (Wildman–Crippen MR) is 126 cm³/mol. The lowest BCUT2D eigenvalue weighted by Crippen LogP contribution is -2.36. The summed E-state index contributed by atoms with van der Waals surface area (Å²) in [5.41, 5.74) is 1.15. The van der Waals surface area contributed by atoms with Crippen molar-refractivity contribution >= 4 is 33.4 Å². The first-order valence-corrected chi connectivity index (χ1v) is 11.7. The minimum absolute atomic E-state index is 0.0477. The summed E-state index contributed by atoms with van der Waals surface area (Å²) in [7, 11) is 1.53. The number of nitrogens with zero attached hydrogens (tertiary/aromatic N) is 1. The maximum Gasteiger partial charge on any atom is 0.295 e. The van der Waals surface area contributed by atoms with Gasteiger partial charge in [0.1, 0.15) is 5.76 Å². The van der Waals surface area contributed by atoms with Gasteiger partial charge in [-0.3, -0.25) is 9.59 Å². The second-order valence-corrected chi connectivity index (χ2v) is 8.85. The highest BCUT2D eigenvalue weighted by atomic mass is 79.9. The van der Waals surface area contributed by atoms with E-state index in [0.717, 1.165) is 17.3 Å². The minimum Gasteiger partial charge on any atom is -0.507 e. The summed E-state index contributed by atoms with van der Waals surface area (Å²) in [6, 6.07) is 11.5. The smallest absolute Gasteiger partial charge is 0.295 e. The zero-order chi connectivity index (χ0) is 23.5. The molecule has 0 aromatic heterocycles. The first kappa shape index (κ1) is 23.3. The Morgan fingerprint density at radius 1 is 1.18 bits per heavy atom. The summed E-state index contributed by atoms with van der Waals surface area (Å²) >= 11 is 3.38. The third kappa shape index (κ3) is 4.63. The Hall–Kier alpha value is -2.84. The summed E-state index contributed by atoms with van der Waals surface area (Å²) in [6.45, 7) is 3.25. The van der Waals surface area contributed by atoms with E-state index in [1.807, 2.05) is 6.92 Å². The number of carbonyl (C=O) groups is 2. The Morgan fingerprint density at radius 3 is 2.58 bits per heavy atom. The largest absolute Gasteiger partial charge is 0.507 e. The lowest BCUT2D eigenvalue weighted by Gasteiger charge is -2.28. The van der Waals surface area contributed by atoms with Gasteiger partial charge in [-0.05, 0) is 49.6 Å². The van der Waals surface area contributed by atoms with Crippen LogP contribution >= 0.6 is 15.9 Å². The summed E-state index contributed by atoms with van der Waals surface area (Å²) < 4.78 is 17.7. The molecule has 0 saturated carbocycles. The van der Waals surface area contributed by atoms with Crippen LogP contribution < -0.4 is 9.47 Å². The highest BCUT2D eigenvalue weighted by molar-refractivity contribution is 9.10. The number of aliphatic hydroxyl groups is 1. The molecule has 2 atom stereocenters. The van der Waals surface area contributed by atoms with E-state index in [1.54, 1.807) is 42.5 Å². The van der Waals surface area contributed by atoms with Gasteiger partial charge >= 0.3 is 0 Å². The lowest BCUT2D eigenvalue weighted by atomic mass is 9.95. The fourth-order valence-electron chi connectivity index (χ4n) is 4.31. The SMILES string of the molecule is CCOc1ccc(C2/C(=C(\O)c3ccc(Br)cc3)C(=O)C(=O)N2CC2CCCO2)cc1OC. The fraction of sp³-hybridized carbons (Fsp3) is 0.360. The standard InChI is InChI=1S/C25H26BrNO6/c1-3-32-19-11-8-16(13-20(19)31-2)22-21(23(28)15-6-9-17(26)10-7-15)24(29)25(30)27(22)14-18-5-4-12-33-18/h6-11,13,18,22,28H,3-5,12,14H2,1-2H3/b23-21+. The number of amides is 1. The van der Waals surface area contributed by atoms with Crippen molar-refractivity contribution in [1.82, 2.24) is 4.90 Å². The lowest BCUT2D eigenvalue weighted by molar-refractivity contribution is -0.140. The van der Waals surface area contributed by atoms with Crippen LogP contribution in [0, 0.1) is 0 Å². The van der Waals surface area contributed by atoms with Crippen LogP contribution in [-0.2, 0) is 14.3 Å². The number of benzene rings is 2. The van der Waals surface area contributed by atoms with Crippen molar-refractivity contribution in [3.63, 3.8) is 0 Å². The first-order chi connectivity index (χ1) is 15.9. The first-order valence-electron chi connectivity index (χ1n) is 10.9. The van der Waals surface area contributed by atoms with Gasteiger partial charge in [0, 0.05) is 23.2 Å². The average molecular weight is 516 g/mol. The number of methoxy groups -OCH3 is 1. The molecule has 174 valence electrons. The van der Waals surface area contributed by atoms with Crippen LogP contribution in [0.2, 0.25) is 0 Å². The third-order valence-corrected chi connectivity index (χ3v) is 6.41. The van der Waals surface area contributed by atoms with Crippen molar-refractivity contribution in [2.24, 2.45) is 0 Å². The van der Waals surface area contributed by atoms with E-state index in [0.29, 0.717) is 35.8 Å². The Balaban J connectivity index is 1.83. The molecule has 2 aliphatic rings. The predicted octanol–water partition coefficient (Wildman–Crippen LogP) is 4.46. The highest BCUT2D eigenvalue weighted by Gasteiger charge is 2.47. The topological polar surface area (TPSA) is 85.3 Å². The van der Waals surface area contributed by atoms with Crippen LogP contribution in [0.25, 0.3) is 5.76 Å². The van der Waals surface area contributed by atoms with Crippen LogP contribution in [0.15, 0.2) is 52.5 Å². The number of Topliss-reactive ketones (excluding diaryl/α,β-unsaturated/α-hetero) is 1. The molecular formula is C25H26BrNO6. The molecule has 7 nitrogen and oxygen atoms in total. The number of likely N-dealkylation sites (tertiary alicyclic amines) is 1. The van der Waals surface area contributed by atoms with Gasteiger partial charge in [0.25, 0.3) is 11.7 Å². The molecule has 2 aromatic rings. The Kier molecular flexibility index (Phi) is 7.05. The molecule has 2 unspecified atom stereocenters. The third-order valence-electron chi connectivity index (χ3n) is 5.89. The van der Waals surface area contributed by atoms with Crippen LogP contribution in [-0.4, -0.2) is 54.7 Å². The molecule has 1 N–H and O–H groups in total. The summed E-state index contributed by atoms with van der Waals surface area (Å²) in [5.74, 6) is -0.532. The number of halogens is 1. The van der Waals surface area contributed by atoms with Crippen molar-refractivity contribution in [1.29, 1.82) is 0 Å². The van der Waals surface area contributed by atoms with Gasteiger partial charge in [-0.25, -0.2) is 0 Å². The quantitative estimate of drug-likeness (QED) is 0.333. The number of ketones is 1. The second kappa shape index (κ2) is 9.97. The van der Waals surface area contributed by atoms with Gasteiger partial charge in [0.05, 0.1) is 31.4 Å². The van der Waals surface area contributed by atoms with E-state index >= 15 is 0 Å². The van der Waals surface area contributed by atoms with Gasteiger partial charge in [0.15, 0.2) is 11.5 Å². The molecule has 0 radical (unpaired) electrons. The molecule has 2 fully saturated rings. The molecule has 1 amide bonds. The van der Waals surface area contributed by atoms with E-state index in [-0.39, 0.29) is 24.0 Å². The molecule has 2 aromatic carbocycles. The highest BCUT2D eigenvalue weighted by Crippen LogP contribution is 2.42. The van der Waals surface area contributed by atoms with Crippen LogP contribution in [0.1, 0.15) is 36.9 Å². The van der Waals surface area contributed by atoms with Crippen LogP contribution in [0.4, 0.5) is 0 Å². The number of carbonyl (C=O) groups excluding carboxylic acids is 2. The molecule has 8 heteroatoms. The number of ether oxygens (including phenoxy) is 3. The molecule has 0 bridgehead atoms. The van der Waals surface area contributed by atoms with Gasteiger partial charge in [-0.2, -0.15) is 0 Å². The summed E-state index contributed by atoms with van der Waals surface area (Å²) in [4.78, 5) is 27.8. The van der Waals surface area contributed by atoms with Crippen molar-refractivity contribution in [2.75, 3.05) is 26.9 Å². The Labute approximate surface area is 201 Å². The zero-order valence-corrected chi connectivity index (χ0v) is 20.1. The van der Waals surface area contributed by atoms with Crippen molar-refractivity contribution < 1.29 is 28.9 Å². The van der Waals surface area contributed by atoms with Gasteiger partial charge < -0.3 is 24.2 Å². The van der Waals surface area contributed by atoms with Crippen LogP contribution in [0.3, 0.4) is 0 Å². The van der Waals surface area contributed by atoms with Crippen molar-refractivity contribution in [3.8, 4) is 11.5 Å². The van der Waals surface area contributed by atoms with E-state index in [2.05, 4.69) is 15.9 Å². The van der Waals surface area contributed by atoms with Crippen LogP contribution in [0.5, 0.6) is 11.5 Å². The van der Waals surface area contributed by atoms with Gasteiger partial charge in [-0.15, -0.1) is 0 Å². The molecule has 0 spiro atoms. The van der Waals surface area contributed by atoms with E-state index in [1.165, 1.54) is 12.0 Å². The van der Waals surface area contributed by atoms with E-state index in [9.17, 15) is 14.7 Å². The Bertz CT molecular complexity index is 1070. The maximum atomic E-state index is 13.2. The minimum atomic E-state index is -0.776. The van der Waals surface area contributed by atoms with Gasteiger partial charge in [0.2, 0.25) is 0 Å². The fourth-order valence-corrected chi connectivity index (χ4v) is 4.58. The van der Waals surface area contributed by atoms with Gasteiger partial charge in [-0.1, -0.05) is 34.1 Å². The number of aliphatic hydroxyl groups excluding tert-OH is 1. The number of hydrogen-bond acceptors (Lipinski definition) is 6. The molecule has 33 heavy (non-hydrogen) atoms. The Morgan fingerprint density at radius 2 is 1.94 bits per heavy atom. The molecule has 2 aliphatic heterocycles. The molecule has 0 aliphatic carbocycles. The van der Waals surface area contributed by atoms with Crippen molar-refractivity contribution in [2.45, 2.75) is 31.9 Å². The number of rotatable bonds is 7. The van der Waals surface area contributed by atoms with Crippen molar-refractivity contribution in [3.05, 3.63) is 63.6 Å². The molecular weight excluding hydrogens is 490 g/mol. The summed E-state index contributed by atoms with van der Waals surface area (Å²) in [5, 5.41) is 11.2. The monoisotopic (exact) mass is 515 g/mol. The zero-order valence-electron chi connectivity index (χ0n) is 18.5. The number of hydrogen-bond donors (Lipinski definition) is 1. The normalized spacial score (nSPS) is 22.1. The molecule has 2 heterocycles. The maximum absolute atomic E-state index is 13.2. The second-order valence-electron chi connectivity index (χ2n) is 7.94. The molecule has 4 rings (SSSR count). The van der Waals surface area contributed by atoms with E-state index < -0.39 is 17.7 Å². The van der Waals surface area contributed by atoms with E-state index in [4.69, 9.17) is 14.2 Å². The average Bonchev–Trinajstić information content (AvgIpc) is 3.42. The summed E-state index contributed by atoms with van der Waals surface area (Å²) in [6.07, 6.45) is 1.58. The molecule has 2 saturated heterocycles.